The summed E-state index contributed by atoms with van der Waals surface area (Å²) in [6, 6.07) is -1.03. The summed E-state index contributed by atoms with van der Waals surface area (Å²) < 4.78 is 0.0776. The van der Waals surface area contributed by atoms with Crippen LogP contribution in [0.15, 0.2) is 0 Å². The first-order valence-electron chi connectivity index (χ1n) is 11.8. The number of hydrogen-bond donors (Lipinski definition) is 5. The van der Waals surface area contributed by atoms with Gasteiger partial charge < -0.3 is 0 Å². The molecule has 0 radical (unpaired) electrons. The summed E-state index contributed by atoms with van der Waals surface area (Å²) in [5.41, 5.74) is 2.57. The van der Waals surface area contributed by atoms with Gasteiger partial charge in [0.25, 0.3) is 0 Å². The summed E-state index contributed by atoms with van der Waals surface area (Å²) in [6.07, 6.45) is -0.0249. The number of nitrogens with one attached hydrogen (secondary N) is 1. The van der Waals surface area contributed by atoms with Gasteiger partial charge in [0.15, 0.2) is 0 Å². The quantitative estimate of drug-likeness (QED) is 0.134. The molecule has 1 fully saturated rings. The third-order valence-electron chi connectivity index (χ3n) is 5.88. The molecule has 0 aliphatic carbocycles. The Morgan fingerprint density at radius 3 is 1.84 bits per heavy atom. The van der Waals surface area contributed by atoms with E-state index in [1.165, 1.54) is 43.3 Å². The topological polar surface area (TPSA) is 191 Å². The first-order chi connectivity index (χ1) is 17.2. The number of carboxylic acid groups (broad SMARTS) is 4. The molecule has 5 N–H and O–H groups in total. The predicted molar refractivity (Wildman–Crippen MR) is 125 cm³/mol. The second-order valence-electron chi connectivity index (χ2n) is 9.20. The molecule has 1 heterocycles. The van der Waals surface area contributed by atoms with Gasteiger partial charge in [-0.15, -0.1) is 0 Å². The van der Waals surface area contributed by atoms with Crippen molar-refractivity contribution in [2.24, 2.45) is 0 Å². The molecule has 0 aromatic rings. The van der Waals surface area contributed by atoms with Crippen LogP contribution in [0.5, 0.6) is 0 Å². The van der Waals surface area contributed by atoms with Crippen LogP contribution in [0.2, 0.25) is 0 Å². The summed E-state index contributed by atoms with van der Waals surface area (Å²) >= 11 is 1.47. The van der Waals surface area contributed by atoms with Gasteiger partial charge >= 0.3 is 243 Å². The monoisotopic (exact) mass is 676 g/mol. The van der Waals surface area contributed by atoms with Gasteiger partial charge in [-0.25, -0.2) is 0 Å². The van der Waals surface area contributed by atoms with Crippen molar-refractivity contribution in [2.75, 3.05) is 86.1 Å². The summed E-state index contributed by atoms with van der Waals surface area (Å²) in [6.45, 7) is 1.14. The van der Waals surface area contributed by atoms with E-state index in [0.717, 1.165) is 0 Å². The minimum atomic E-state index is -1.13. The van der Waals surface area contributed by atoms with Crippen LogP contribution in [0.25, 0.3) is 0 Å². The average molecular weight is 676 g/mol. The van der Waals surface area contributed by atoms with Gasteiger partial charge in [-0.2, -0.15) is 0 Å². The Morgan fingerprint density at radius 2 is 1.35 bits per heavy atom. The van der Waals surface area contributed by atoms with E-state index in [1.54, 1.807) is 28.8 Å². The van der Waals surface area contributed by atoms with Gasteiger partial charge in [-0.3, -0.25) is 0 Å². The number of quaternary nitrogens is 1. The molecule has 2 atom stereocenters. The summed E-state index contributed by atoms with van der Waals surface area (Å²) in [7, 11) is 3.28. The molecule has 0 aromatic heterocycles. The Kier molecular flexibility index (Phi) is 14.9. The maximum absolute atomic E-state index is 12.2. The SMILES string of the molecule is CN(C)NC(=O)CCC(C(=O)O)N1CCN(CC(=O)O)CCN(CC(=O)O)CC[N@+]([Gd])(CC(=O)O)CC1. The molecule has 0 bridgehead atoms. The number of carboxylic acids is 4. The number of rotatable bonds is 12. The minimum absolute atomic E-state index is 0.0191. The summed E-state index contributed by atoms with van der Waals surface area (Å²) in [4.78, 5) is 63.6. The number of hydrazine groups is 1. The van der Waals surface area contributed by atoms with Crippen LogP contribution in [0.3, 0.4) is 0 Å². The number of carbonyl (C=O) groups excluding carboxylic acids is 1. The number of hydrogen-bond acceptors (Lipinski definition) is 9. The van der Waals surface area contributed by atoms with Gasteiger partial charge in [0.2, 0.25) is 0 Å². The Morgan fingerprint density at radius 1 is 0.838 bits per heavy atom. The number of aliphatic carboxylic acids is 4. The van der Waals surface area contributed by atoms with Crippen molar-refractivity contribution in [3.05, 3.63) is 0 Å². The van der Waals surface area contributed by atoms with E-state index < -0.39 is 29.9 Å². The van der Waals surface area contributed by atoms with Crippen LogP contribution in [0, 0.1) is 38.3 Å². The fourth-order valence-corrected chi connectivity index (χ4v) is 4.83. The summed E-state index contributed by atoms with van der Waals surface area (Å²) in [5.74, 6) is -4.60. The molecule has 1 aliphatic rings. The Labute approximate surface area is 242 Å². The third kappa shape index (κ3) is 14.3. The standard InChI is InChI=1S/C21H38N6O9.Gd/c1-23(2)22-17(28)4-3-16(21(35)36)27-11-9-25(14-19(31)32)7-5-24(13-18(29)30)6-8-26(10-12-27)15-20(33)34;/h16H,3-15H2,1-2H3,(H,22,28)(H,29,30)(H,31,32)(H,33,34)(H,35,36);/q;+1. The zero-order chi connectivity index (χ0) is 28.2. The third-order valence-corrected chi connectivity index (χ3v) is 7.25. The maximum atomic E-state index is 12.2. The van der Waals surface area contributed by atoms with Crippen LogP contribution in [0.1, 0.15) is 12.8 Å². The van der Waals surface area contributed by atoms with Crippen molar-refractivity contribution in [1.82, 2.24) is 25.1 Å². The zero-order valence-corrected chi connectivity index (χ0v) is 23.5. The normalized spacial score (nSPS) is 21.9. The van der Waals surface area contributed by atoms with E-state index in [9.17, 15) is 44.4 Å². The van der Waals surface area contributed by atoms with Gasteiger partial charge in [0.1, 0.15) is 0 Å². The van der Waals surface area contributed by atoms with Crippen LogP contribution < -0.4 is 5.43 Å². The van der Waals surface area contributed by atoms with Crippen molar-refractivity contribution in [2.45, 2.75) is 18.9 Å². The van der Waals surface area contributed by atoms with E-state index in [1.807, 2.05) is 0 Å². The van der Waals surface area contributed by atoms with Crippen molar-refractivity contribution in [3.8, 4) is 0 Å². The fourth-order valence-electron chi connectivity index (χ4n) is 4.07. The summed E-state index contributed by atoms with van der Waals surface area (Å²) in [5, 5.41) is 39.5. The molecular formula is C21H38GdN6O9+. The first kappa shape index (κ1) is 33.5. The van der Waals surface area contributed by atoms with E-state index >= 15 is 0 Å². The van der Waals surface area contributed by atoms with Gasteiger partial charge in [-0.1, -0.05) is 0 Å². The van der Waals surface area contributed by atoms with Gasteiger partial charge in [0.05, 0.1) is 0 Å². The van der Waals surface area contributed by atoms with Gasteiger partial charge in [0, 0.05) is 0 Å². The number of amides is 1. The van der Waals surface area contributed by atoms with Gasteiger partial charge in [-0.05, 0) is 0 Å². The fraction of sp³-hybridized carbons (Fsp3) is 0.762. The number of carbonyl (C=O) groups is 5. The zero-order valence-electron chi connectivity index (χ0n) is 21.2. The molecule has 1 aliphatic heterocycles. The van der Waals surface area contributed by atoms with E-state index in [-0.39, 0.29) is 84.9 Å². The Balaban J connectivity index is 3.20. The molecule has 1 amide bonds. The molecule has 0 spiro atoms. The van der Waals surface area contributed by atoms with Crippen LogP contribution >= 0.6 is 0 Å². The van der Waals surface area contributed by atoms with Crippen molar-refractivity contribution in [1.29, 1.82) is 0 Å². The second kappa shape index (κ2) is 16.4. The van der Waals surface area contributed by atoms with Crippen LogP contribution in [-0.4, -0.2) is 163 Å². The van der Waals surface area contributed by atoms with Crippen molar-refractivity contribution < 1.29 is 83.4 Å². The molecule has 0 aromatic carbocycles. The number of nitrogens with zero attached hydrogens (tertiary/aromatic N) is 5. The van der Waals surface area contributed by atoms with Crippen LogP contribution in [0.4, 0.5) is 0 Å². The molecule has 37 heavy (non-hydrogen) atoms. The predicted octanol–water partition coefficient (Wildman–Crippen LogP) is -2.73. The van der Waals surface area contributed by atoms with Crippen molar-refractivity contribution in [3.63, 3.8) is 0 Å². The average Bonchev–Trinajstić information content (AvgIpc) is 2.74. The Bertz CT molecular complexity index is 817. The molecule has 1 unspecified atom stereocenters. The molecule has 0 saturated carbocycles. The molecule has 15 nitrogen and oxygen atoms in total. The molecule has 1 saturated heterocycles. The molecule has 213 valence electrons. The molecular weight excluding hydrogens is 638 g/mol. The molecule has 1 rings (SSSR count). The van der Waals surface area contributed by atoms with Crippen LogP contribution in [-0.2, 0) is 24.0 Å². The first-order valence-corrected chi connectivity index (χ1v) is 12.8. The van der Waals surface area contributed by atoms with Crippen molar-refractivity contribution >= 4 is 29.8 Å². The molecule has 16 heteroatoms. The van der Waals surface area contributed by atoms with E-state index in [0.29, 0.717) is 6.54 Å². The van der Waals surface area contributed by atoms with E-state index in [4.69, 9.17) is 0 Å². The second-order valence-corrected chi connectivity index (χ2v) is 11.4. The Hall–Kier alpha value is -1.53. The van der Waals surface area contributed by atoms with E-state index in [2.05, 4.69) is 5.43 Å².